The van der Waals surface area contributed by atoms with Gasteiger partial charge in [0.2, 0.25) is 5.91 Å². The molecule has 0 spiro atoms. The van der Waals surface area contributed by atoms with Gasteiger partial charge in [0.05, 0.1) is 22.3 Å². The maximum Gasteiger partial charge on any atom is 0.248 e. The van der Waals surface area contributed by atoms with Crippen LogP contribution in [0.15, 0.2) is 48.5 Å². The number of methoxy groups -OCH3 is 1. The molecule has 0 fully saturated rings. The molecule has 0 unspecified atom stereocenters. The Bertz CT molecular complexity index is 884. The summed E-state index contributed by atoms with van der Waals surface area (Å²) in [5.74, 6) is 0.590. The van der Waals surface area contributed by atoms with Gasteiger partial charge < -0.3 is 10.1 Å². The number of anilines is 1. The highest BCUT2D eigenvalue weighted by atomic mass is 32.1. The summed E-state index contributed by atoms with van der Waals surface area (Å²) in [7, 11) is 1.62. The highest BCUT2D eigenvalue weighted by Crippen LogP contribution is 2.24. The monoisotopic (exact) mass is 324 g/mol. The van der Waals surface area contributed by atoms with Crippen molar-refractivity contribution in [1.82, 2.24) is 4.98 Å². The first-order valence-corrected chi connectivity index (χ1v) is 7.96. The third-order valence-electron chi connectivity index (χ3n) is 3.28. The number of nitrogens with zero attached hydrogens (tertiary/aromatic N) is 1. The Morgan fingerprint density at radius 1 is 1.26 bits per heavy atom. The zero-order valence-corrected chi connectivity index (χ0v) is 13.7. The average molecular weight is 324 g/mol. The molecule has 23 heavy (non-hydrogen) atoms. The molecule has 1 heterocycles. The van der Waals surface area contributed by atoms with Crippen LogP contribution in [-0.2, 0) is 4.79 Å². The first-order chi connectivity index (χ1) is 11.1. The molecule has 1 N–H and O–H groups in total. The molecule has 0 saturated heterocycles. The Hall–Kier alpha value is -2.66. The Morgan fingerprint density at radius 3 is 2.96 bits per heavy atom. The number of ether oxygens (including phenoxy) is 1. The smallest absolute Gasteiger partial charge is 0.248 e. The molecule has 3 aromatic rings. The van der Waals surface area contributed by atoms with Crippen LogP contribution < -0.4 is 10.1 Å². The lowest BCUT2D eigenvalue weighted by Crippen LogP contribution is -2.07. The number of nitrogens with one attached hydrogen (secondary N) is 1. The SMILES string of the molecule is COc1cccc(C=CC(=O)Nc2ccc3nc(C)sc3c2)c1. The van der Waals surface area contributed by atoms with Crippen molar-refractivity contribution in [3.05, 3.63) is 59.1 Å². The summed E-state index contributed by atoms with van der Waals surface area (Å²) in [6, 6.07) is 13.3. The van der Waals surface area contributed by atoms with Crippen molar-refractivity contribution in [1.29, 1.82) is 0 Å². The largest absolute Gasteiger partial charge is 0.497 e. The summed E-state index contributed by atoms with van der Waals surface area (Å²) in [5, 5.41) is 3.88. The molecule has 0 atom stereocenters. The summed E-state index contributed by atoms with van der Waals surface area (Å²) in [5.41, 5.74) is 2.63. The van der Waals surface area contributed by atoms with Gasteiger partial charge >= 0.3 is 0 Å². The van der Waals surface area contributed by atoms with E-state index >= 15 is 0 Å². The highest BCUT2D eigenvalue weighted by molar-refractivity contribution is 7.18. The molecule has 116 valence electrons. The van der Waals surface area contributed by atoms with E-state index in [9.17, 15) is 4.79 Å². The minimum atomic E-state index is -0.173. The quantitative estimate of drug-likeness (QED) is 0.729. The van der Waals surface area contributed by atoms with E-state index in [4.69, 9.17) is 4.74 Å². The second kappa shape index (κ2) is 6.62. The van der Waals surface area contributed by atoms with Crippen LogP contribution in [0.5, 0.6) is 5.75 Å². The Balaban J connectivity index is 1.71. The average Bonchev–Trinajstić information content (AvgIpc) is 2.92. The maximum atomic E-state index is 12.0. The number of carbonyl (C=O) groups excluding carboxylic acids is 1. The summed E-state index contributed by atoms with van der Waals surface area (Å²) >= 11 is 1.61. The third kappa shape index (κ3) is 3.76. The van der Waals surface area contributed by atoms with Crippen LogP contribution >= 0.6 is 11.3 Å². The fourth-order valence-electron chi connectivity index (χ4n) is 2.22. The molecular formula is C18H16N2O2S. The molecule has 3 rings (SSSR count). The predicted octanol–water partition coefficient (Wildman–Crippen LogP) is 4.27. The first kappa shape index (κ1) is 15.2. The highest BCUT2D eigenvalue weighted by Gasteiger charge is 2.03. The van der Waals surface area contributed by atoms with Crippen LogP contribution in [0.1, 0.15) is 10.6 Å². The Labute approximate surface area is 138 Å². The number of rotatable bonds is 4. The van der Waals surface area contributed by atoms with Crippen molar-refractivity contribution in [2.24, 2.45) is 0 Å². The van der Waals surface area contributed by atoms with Gasteiger partial charge in [-0.1, -0.05) is 12.1 Å². The van der Waals surface area contributed by atoms with E-state index in [-0.39, 0.29) is 5.91 Å². The van der Waals surface area contributed by atoms with Crippen molar-refractivity contribution in [3.8, 4) is 5.75 Å². The van der Waals surface area contributed by atoms with Crippen molar-refractivity contribution in [2.45, 2.75) is 6.92 Å². The number of aromatic nitrogens is 1. The van der Waals surface area contributed by atoms with E-state index in [2.05, 4.69) is 10.3 Å². The normalized spacial score (nSPS) is 11.0. The van der Waals surface area contributed by atoms with Gasteiger partial charge in [0.25, 0.3) is 0 Å². The van der Waals surface area contributed by atoms with Gasteiger partial charge in [-0.05, 0) is 48.9 Å². The summed E-state index contributed by atoms with van der Waals surface area (Å²) in [4.78, 5) is 16.4. The van der Waals surface area contributed by atoms with E-state index in [1.807, 2.05) is 49.4 Å². The lowest BCUT2D eigenvalue weighted by atomic mass is 10.2. The predicted molar refractivity (Wildman–Crippen MR) is 95.0 cm³/mol. The summed E-state index contributed by atoms with van der Waals surface area (Å²) in [6.07, 6.45) is 3.27. The Kier molecular flexibility index (Phi) is 4.39. The molecule has 0 aliphatic rings. The lowest BCUT2D eigenvalue weighted by molar-refractivity contribution is -0.111. The first-order valence-electron chi connectivity index (χ1n) is 7.14. The van der Waals surface area contributed by atoms with Crippen LogP contribution in [0.3, 0.4) is 0 Å². The maximum absolute atomic E-state index is 12.0. The molecule has 1 aromatic heterocycles. The van der Waals surface area contributed by atoms with E-state index in [0.29, 0.717) is 0 Å². The molecular weight excluding hydrogens is 308 g/mol. The summed E-state index contributed by atoms with van der Waals surface area (Å²) in [6.45, 7) is 1.97. The number of amides is 1. The topological polar surface area (TPSA) is 51.2 Å². The molecule has 0 bridgehead atoms. The minimum absolute atomic E-state index is 0.173. The fourth-order valence-corrected chi connectivity index (χ4v) is 3.09. The number of hydrogen-bond acceptors (Lipinski definition) is 4. The van der Waals surface area contributed by atoms with E-state index in [0.717, 1.165) is 32.2 Å². The number of thiazole rings is 1. The van der Waals surface area contributed by atoms with Crippen LogP contribution in [0.2, 0.25) is 0 Å². The van der Waals surface area contributed by atoms with E-state index in [1.54, 1.807) is 24.5 Å². The van der Waals surface area contributed by atoms with E-state index < -0.39 is 0 Å². The molecule has 1 amide bonds. The second-order valence-corrected chi connectivity index (χ2v) is 6.25. The van der Waals surface area contributed by atoms with Crippen molar-refractivity contribution >= 4 is 39.2 Å². The number of benzene rings is 2. The molecule has 0 saturated carbocycles. The Morgan fingerprint density at radius 2 is 2.13 bits per heavy atom. The zero-order valence-electron chi connectivity index (χ0n) is 12.9. The van der Waals surface area contributed by atoms with Gasteiger partial charge in [-0.15, -0.1) is 11.3 Å². The zero-order chi connectivity index (χ0) is 16.2. The number of hydrogen-bond donors (Lipinski definition) is 1. The molecule has 2 aromatic carbocycles. The van der Waals surface area contributed by atoms with Crippen LogP contribution in [-0.4, -0.2) is 18.0 Å². The lowest BCUT2D eigenvalue weighted by Gasteiger charge is -2.02. The molecule has 4 nitrogen and oxygen atoms in total. The molecule has 0 aliphatic heterocycles. The van der Waals surface area contributed by atoms with Crippen LogP contribution in [0.25, 0.3) is 16.3 Å². The van der Waals surface area contributed by atoms with Gasteiger partial charge in [-0.3, -0.25) is 4.79 Å². The molecule has 5 heteroatoms. The minimum Gasteiger partial charge on any atom is -0.497 e. The van der Waals surface area contributed by atoms with Crippen molar-refractivity contribution in [3.63, 3.8) is 0 Å². The molecule has 0 radical (unpaired) electrons. The van der Waals surface area contributed by atoms with Gasteiger partial charge in [-0.25, -0.2) is 4.98 Å². The van der Waals surface area contributed by atoms with Gasteiger partial charge in [0, 0.05) is 11.8 Å². The second-order valence-electron chi connectivity index (χ2n) is 5.01. The van der Waals surface area contributed by atoms with Gasteiger partial charge in [0.15, 0.2) is 0 Å². The van der Waals surface area contributed by atoms with Crippen LogP contribution in [0, 0.1) is 6.92 Å². The van der Waals surface area contributed by atoms with Crippen molar-refractivity contribution in [2.75, 3.05) is 12.4 Å². The summed E-state index contributed by atoms with van der Waals surface area (Å²) < 4.78 is 6.23. The van der Waals surface area contributed by atoms with Crippen molar-refractivity contribution < 1.29 is 9.53 Å². The van der Waals surface area contributed by atoms with Gasteiger partial charge in [0.1, 0.15) is 5.75 Å². The number of fused-ring (bicyclic) bond motifs is 1. The number of carbonyl (C=O) groups is 1. The molecule has 0 aliphatic carbocycles. The number of aryl methyl sites for hydroxylation is 1. The fraction of sp³-hybridized carbons (Fsp3) is 0.111. The van der Waals surface area contributed by atoms with E-state index in [1.165, 1.54) is 6.08 Å². The van der Waals surface area contributed by atoms with Crippen LogP contribution in [0.4, 0.5) is 5.69 Å². The standard InChI is InChI=1S/C18H16N2O2S/c1-12-19-16-8-7-14(11-17(16)23-12)20-18(21)9-6-13-4-3-5-15(10-13)22-2/h3-11H,1-2H3,(H,20,21). The third-order valence-corrected chi connectivity index (χ3v) is 4.22. The van der Waals surface area contributed by atoms with Gasteiger partial charge in [-0.2, -0.15) is 0 Å².